The zero-order chi connectivity index (χ0) is 13.5. The van der Waals surface area contributed by atoms with Crippen molar-refractivity contribution in [3.05, 3.63) is 24.3 Å². The van der Waals surface area contributed by atoms with Gasteiger partial charge in [0.1, 0.15) is 5.82 Å². The SMILES string of the molecule is FC(F)(F)c1cn2cc(N3CCNCC3)ncc2n1. The van der Waals surface area contributed by atoms with Crippen LogP contribution in [0.25, 0.3) is 5.65 Å². The smallest absolute Gasteiger partial charge is 0.353 e. The highest BCUT2D eigenvalue weighted by Gasteiger charge is 2.34. The highest BCUT2D eigenvalue weighted by Crippen LogP contribution is 2.28. The van der Waals surface area contributed by atoms with E-state index in [-0.39, 0.29) is 5.65 Å². The minimum Gasteiger partial charge on any atom is -0.353 e. The van der Waals surface area contributed by atoms with Gasteiger partial charge in [0.2, 0.25) is 0 Å². The molecular formula is C11H12F3N5. The van der Waals surface area contributed by atoms with Crippen molar-refractivity contribution < 1.29 is 13.2 Å². The van der Waals surface area contributed by atoms with Crippen LogP contribution in [0.15, 0.2) is 18.6 Å². The van der Waals surface area contributed by atoms with Gasteiger partial charge in [-0.25, -0.2) is 9.97 Å². The van der Waals surface area contributed by atoms with Gasteiger partial charge in [0.15, 0.2) is 11.3 Å². The van der Waals surface area contributed by atoms with Crippen molar-refractivity contribution in [3.63, 3.8) is 0 Å². The molecule has 1 saturated heterocycles. The van der Waals surface area contributed by atoms with Crippen molar-refractivity contribution in [2.24, 2.45) is 0 Å². The molecule has 2 aromatic rings. The van der Waals surface area contributed by atoms with Crippen LogP contribution in [0.2, 0.25) is 0 Å². The van der Waals surface area contributed by atoms with E-state index in [1.807, 2.05) is 4.90 Å². The Labute approximate surface area is 107 Å². The highest BCUT2D eigenvalue weighted by molar-refractivity contribution is 5.46. The van der Waals surface area contributed by atoms with Crippen molar-refractivity contribution >= 4 is 11.5 Å². The van der Waals surface area contributed by atoms with Gasteiger partial charge < -0.3 is 14.6 Å². The number of anilines is 1. The Morgan fingerprint density at radius 1 is 1.16 bits per heavy atom. The maximum atomic E-state index is 12.6. The molecule has 0 unspecified atom stereocenters. The first kappa shape index (κ1) is 12.2. The number of imidazole rings is 1. The fraction of sp³-hybridized carbons (Fsp3) is 0.455. The zero-order valence-electron chi connectivity index (χ0n) is 9.98. The van der Waals surface area contributed by atoms with Gasteiger partial charge in [0.25, 0.3) is 0 Å². The van der Waals surface area contributed by atoms with E-state index in [0.717, 1.165) is 32.4 Å². The lowest BCUT2D eigenvalue weighted by Gasteiger charge is -2.28. The maximum absolute atomic E-state index is 12.6. The monoisotopic (exact) mass is 271 g/mol. The molecule has 1 N–H and O–H groups in total. The molecule has 0 aromatic carbocycles. The zero-order valence-corrected chi connectivity index (χ0v) is 9.98. The number of alkyl halides is 3. The van der Waals surface area contributed by atoms with Gasteiger partial charge in [-0.3, -0.25) is 0 Å². The molecule has 0 saturated carbocycles. The molecular weight excluding hydrogens is 259 g/mol. The molecule has 0 aliphatic carbocycles. The van der Waals surface area contributed by atoms with Crippen LogP contribution in [0.4, 0.5) is 19.0 Å². The molecule has 8 heteroatoms. The first-order chi connectivity index (χ1) is 9.04. The molecule has 2 aromatic heterocycles. The number of halogens is 3. The summed E-state index contributed by atoms with van der Waals surface area (Å²) >= 11 is 0. The Kier molecular flexibility index (Phi) is 2.81. The maximum Gasteiger partial charge on any atom is 0.434 e. The summed E-state index contributed by atoms with van der Waals surface area (Å²) in [6.45, 7) is 3.27. The summed E-state index contributed by atoms with van der Waals surface area (Å²) in [4.78, 5) is 9.72. The van der Waals surface area contributed by atoms with Gasteiger partial charge in [-0.05, 0) is 0 Å². The second kappa shape index (κ2) is 4.37. The summed E-state index contributed by atoms with van der Waals surface area (Å²) < 4.78 is 39.1. The lowest BCUT2D eigenvalue weighted by atomic mass is 10.3. The number of rotatable bonds is 1. The second-order valence-corrected chi connectivity index (χ2v) is 4.37. The predicted octanol–water partition coefficient (Wildman–Crippen LogP) is 1.16. The van der Waals surface area contributed by atoms with E-state index < -0.39 is 11.9 Å². The number of nitrogens with zero attached hydrogens (tertiary/aromatic N) is 4. The number of aromatic nitrogens is 3. The second-order valence-electron chi connectivity index (χ2n) is 4.37. The molecule has 0 radical (unpaired) electrons. The van der Waals surface area contributed by atoms with Crippen LogP contribution in [-0.4, -0.2) is 40.5 Å². The average Bonchev–Trinajstić information content (AvgIpc) is 2.82. The fourth-order valence-corrected chi connectivity index (χ4v) is 2.08. The summed E-state index contributed by atoms with van der Waals surface area (Å²) in [6.07, 6.45) is -0.487. The minimum absolute atomic E-state index is 0.200. The minimum atomic E-state index is -4.43. The topological polar surface area (TPSA) is 45.5 Å². The molecule has 0 amide bonds. The molecule has 0 bridgehead atoms. The van der Waals surface area contributed by atoms with Crippen LogP contribution in [0.3, 0.4) is 0 Å². The van der Waals surface area contributed by atoms with E-state index >= 15 is 0 Å². The Morgan fingerprint density at radius 2 is 1.89 bits per heavy atom. The molecule has 19 heavy (non-hydrogen) atoms. The fourth-order valence-electron chi connectivity index (χ4n) is 2.08. The van der Waals surface area contributed by atoms with Crippen LogP contribution >= 0.6 is 0 Å². The van der Waals surface area contributed by atoms with Crippen molar-refractivity contribution in [2.75, 3.05) is 31.1 Å². The van der Waals surface area contributed by atoms with Gasteiger partial charge in [-0.2, -0.15) is 13.2 Å². The van der Waals surface area contributed by atoms with Crippen LogP contribution in [0.5, 0.6) is 0 Å². The third kappa shape index (κ3) is 2.35. The number of nitrogens with one attached hydrogen (secondary N) is 1. The standard InChI is InChI=1S/C11H12F3N5/c12-11(13,14)8-6-19-7-10(16-5-9(19)17-8)18-3-1-15-2-4-18/h5-7,15H,1-4H2. The van der Waals surface area contributed by atoms with Gasteiger partial charge in [-0.15, -0.1) is 0 Å². The number of hydrogen-bond donors (Lipinski definition) is 1. The quantitative estimate of drug-likeness (QED) is 0.845. The summed E-state index contributed by atoms with van der Waals surface area (Å²) in [6, 6.07) is 0. The summed E-state index contributed by atoms with van der Waals surface area (Å²) in [5, 5.41) is 3.21. The van der Waals surface area contributed by atoms with E-state index in [4.69, 9.17) is 0 Å². The van der Waals surface area contributed by atoms with Crippen molar-refractivity contribution in [1.82, 2.24) is 19.7 Å². The first-order valence-electron chi connectivity index (χ1n) is 5.92. The van der Waals surface area contributed by atoms with Crippen LogP contribution in [0, 0.1) is 0 Å². The Balaban J connectivity index is 1.96. The van der Waals surface area contributed by atoms with Gasteiger partial charge >= 0.3 is 6.18 Å². The summed E-state index contributed by atoms with van der Waals surface area (Å²) in [7, 11) is 0. The number of fused-ring (bicyclic) bond motifs is 1. The van der Waals surface area contributed by atoms with E-state index in [0.29, 0.717) is 5.82 Å². The summed E-state index contributed by atoms with van der Waals surface area (Å²) in [5.74, 6) is 0.667. The molecule has 5 nitrogen and oxygen atoms in total. The Hall–Kier alpha value is -1.83. The molecule has 0 spiro atoms. The molecule has 1 aliphatic rings. The molecule has 3 rings (SSSR count). The average molecular weight is 271 g/mol. The Bertz CT molecular complexity index is 586. The summed E-state index contributed by atoms with van der Waals surface area (Å²) in [5.41, 5.74) is -0.696. The van der Waals surface area contributed by atoms with Crippen molar-refractivity contribution in [1.29, 1.82) is 0 Å². The van der Waals surface area contributed by atoms with Gasteiger partial charge in [-0.1, -0.05) is 0 Å². The van der Waals surface area contributed by atoms with Crippen molar-refractivity contribution in [3.8, 4) is 0 Å². The lowest BCUT2D eigenvalue weighted by molar-refractivity contribution is -0.140. The molecule has 3 heterocycles. The highest BCUT2D eigenvalue weighted by atomic mass is 19.4. The van der Waals surface area contributed by atoms with E-state index in [1.165, 1.54) is 10.6 Å². The van der Waals surface area contributed by atoms with Gasteiger partial charge in [0.05, 0.1) is 12.4 Å². The normalized spacial score (nSPS) is 17.1. The van der Waals surface area contributed by atoms with Crippen LogP contribution in [-0.2, 0) is 6.18 Å². The van der Waals surface area contributed by atoms with Crippen LogP contribution in [0.1, 0.15) is 5.69 Å². The third-order valence-corrected chi connectivity index (χ3v) is 3.06. The van der Waals surface area contributed by atoms with E-state index in [1.54, 1.807) is 6.20 Å². The van der Waals surface area contributed by atoms with Crippen LogP contribution < -0.4 is 10.2 Å². The lowest BCUT2D eigenvalue weighted by Crippen LogP contribution is -2.43. The number of hydrogen-bond acceptors (Lipinski definition) is 4. The number of piperazine rings is 1. The Morgan fingerprint density at radius 3 is 2.58 bits per heavy atom. The molecule has 1 aliphatic heterocycles. The molecule has 0 atom stereocenters. The van der Waals surface area contributed by atoms with Gasteiger partial charge in [0, 0.05) is 32.4 Å². The van der Waals surface area contributed by atoms with Crippen molar-refractivity contribution in [2.45, 2.75) is 6.18 Å². The van der Waals surface area contributed by atoms with E-state index in [9.17, 15) is 13.2 Å². The first-order valence-corrected chi connectivity index (χ1v) is 5.92. The molecule has 102 valence electrons. The molecule has 1 fully saturated rings. The van der Waals surface area contributed by atoms with E-state index in [2.05, 4.69) is 15.3 Å². The third-order valence-electron chi connectivity index (χ3n) is 3.06. The largest absolute Gasteiger partial charge is 0.434 e. The predicted molar refractivity (Wildman–Crippen MR) is 63.1 cm³/mol.